The number of rotatable bonds is 15. The van der Waals surface area contributed by atoms with Gasteiger partial charge in [-0.25, -0.2) is 4.57 Å². The van der Waals surface area contributed by atoms with E-state index < -0.39 is 7.82 Å². The molecule has 2 unspecified atom stereocenters. The lowest BCUT2D eigenvalue weighted by molar-refractivity contribution is -0.0449. The van der Waals surface area contributed by atoms with E-state index in [0.717, 1.165) is 12.8 Å². The van der Waals surface area contributed by atoms with Crippen LogP contribution in [-0.4, -0.2) is 70.5 Å². The Kier molecular flexibility index (Phi) is 22.9. The van der Waals surface area contributed by atoms with Crippen molar-refractivity contribution in [2.45, 2.75) is 109 Å². The maximum atomic E-state index is 11.9. The van der Waals surface area contributed by atoms with Crippen LogP contribution in [-0.2, 0) is 32.6 Å². The predicted molar refractivity (Wildman–Crippen MR) is 139 cm³/mol. The fourth-order valence-corrected chi connectivity index (χ4v) is 4.74. The van der Waals surface area contributed by atoms with Crippen molar-refractivity contribution in [1.82, 2.24) is 0 Å². The van der Waals surface area contributed by atoms with Crippen molar-refractivity contribution in [1.29, 1.82) is 0 Å². The summed E-state index contributed by atoms with van der Waals surface area (Å²) in [5.41, 5.74) is 0. The summed E-state index contributed by atoms with van der Waals surface area (Å²) in [6, 6.07) is 0. The molecule has 1 saturated heterocycles. The molecule has 210 valence electrons. The van der Waals surface area contributed by atoms with Gasteiger partial charge in [-0.2, -0.15) is 0 Å². The van der Waals surface area contributed by atoms with Crippen LogP contribution >= 0.6 is 7.82 Å². The van der Waals surface area contributed by atoms with Crippen molar-refractivity contribution >= 4 is 7.82 Å². The van der Waals surface area contributed by atoms with Gasteiger partial charge < -0.3 is 23.8 Å². The average Bonchev–Trinajstić information content (AvgIpc) is 2.84. The van der Waals surface area contributed by atoms with Gasteiger partial charge in [-0.05, 0) is 6.42 Å². The maximum absolute atomic E-state index is 11.9. The molecule has 0 aromatic carbocycles. The molecule has 0 bridgehead atoms. The van der Waals surface area contributed by atoms with Crippen molar-refractivity contribution in [3.05, 3.63) is 0 Å². The zero-order valence-electron chi connectivity index (χ0n) is 22.3. The van der Waals surface area contributed by atoms with Gasteiger partial charge in [0.25, 0.3) is 0 Å². The second kappa shape index (κ2) is 24.3. The minimum Gasteiger partial charge on any atom is -0.377 e. The number of hydrogen-bond acceptors (Lipinski definition) is 7. The highest BCUT2D eigenvalue weighted by molar-refractivity contribution is 7.47. The van der Waals surface area contributed by atoms with Crippen LogP contribution in [0.25, 0.3) is 0 Å². The van der Waals surface area contributed by atoms with Crippen LogP contribution in [0.15, 0.2) is 0 Å². The van der Waals surface area contributed by atoms with Crippen molar-refractivity contribution in [2.24, 2.45) is 0 Å². The Bertz CT molecular complexity index is 494. The monoisotopic (exact) mass is 524 g/mol. The minimum atomic E-state index is -4.09. The first-order valence-electron chi connectivity index (χ1n) is 14.1. The normalized spacial score (nSPS) is 24.2. The largest absolute Gasteiger partial charge is 0.472 e. The van der Waals surface area contributed by atoms with E-state index in [1.54, 1.807) is 0 Å². The smallest absolute Gasteiger partial charge is 0.377 e. The van der Waals surface area contributed by atoms with E-state index in [9.17, 15) is 9.46 Å². The zero-order chi connectivity index (χ0) is 25.3. The van der Waals surface area contributed by atoms with Gasteiger partial charge in [0, 0.05) is 0 Å². The molecule has 1 fully saturated rings. The Morgan fingerprint density at radius 1 is 0.600 bits per heavy atom. The fraction of sp³-hybridized carbons (Fsp3) is 1.00. The summed E-state index contributed by atoms with van der Waals surface area (Å²) >= 11 is 0. The molecule has 1 aliphatic heterocycles. The molecule has 2 atom stereocenters. The van der Waals surface area contributed by atoms with Crippen molar-refractivity contribution in [3.8, 4) is 0 Å². The summed E-state index contributed by atoms with van der Waals surface area (Å²) in [5.74, 6) is 0. The lowest BCUT2D eigenvalue weighted by Crippen LogP contribution is -2.23. The summed E-state index contributed by atoms with van der Waals surface area (Å²) in [6.45, 7) is 4.98. The van der Waals surface area contributed by atoms with E-state index in [1.165, 1.54) is 83.5 Å². The van der Waals surface area contributed by atoms with E-state index in [4.69, 9.17) is 28.0 Å². The lowest BCUT2D eigenvalue weighted by Gasteiger charge is -2.19. The van der Waals surface area contributed by atoms with Gasteiger partial charge in [0.2, 0.25) is 0 Å². The van der Waals surface area contributed by atoms with E-state index in [1.807, 2.05) is 0 Å². The molecule has 0 amide bonds. The zero-order valence-corrected chi connectivity index (χ0v) is 23.2. The van der Waals surface area contributed by atoms with Gasteiger partial charge in [-0.15, -0.1) is 0 Å². The van der Waals surface area contributed by atoms with Gasteiger partial charge in [-0.3, -0.25) is 9.05 Å². The van der Waals surface area contributed by atoms with Crippen LogP contribution < -0.4 is 0 Å². The Balaban J connectivity index is 2.11. The molecule has 35 heavy (non-hydrogen) atoms. The SMILES string of the molecule is CCCCCCCCCCCCCCCCC1COCCOCCOCCOP(=O)(O)OCCO1. The Morgan fingerprint density at radius 3 is 1.57 bits per heavy atom. The molecule has 0 aromatic heterocycles. The third kappa shape index (κ3) is 22.8. The van der Waals surface area contributed by atoms with Crippen LogP contribution in [0.1, 0.15) is 103 Å². The van der Waals surface area contributed by atoms with Gasteiger partial charge >= 0.3 is 7.82 Å². The van der Waals surface area contributed by atoms with Crippen LogP contribution in [0.2, 0.25) is 0 Å². The lowest BCUT2D eigenvalue weighted by atomic mass is 10.0. The molecule has 0 saturated carbocycles. The van der Waals surface area contributed by atoms with Crippen molar-refractivity contribution in [2.75, 3.05) is 59.5 Å². The van der Waals surface area contributed by atoms with Crippen LogP contribution in [0.4, 0.5) is 0 Å². The summed E-state index contributed by atoms with van der Waals surface area (Å²) in [5, 5.41) is 0. The highest BCUT2D eigenvalue weighted by Crippen LogP contribution is 2.42. The summed E-state index contributed by atoms with van der Waals surface area (Å²) in [7, 11) is -4.09. The highest BCUT2D eigenvalue weighted by atomic mass is 31.2. The van der Waals surface area contributed by atoms with E-state index in [-0.39, 0.29) is 32.5 Å². The number of phosphoric acid groups is 1. The molecule has 1 aliphatic rings. The predicted octanol–water partition coefficient (Wildman–Crippen LogP) is 6.44. The quantitative estimate of drug-likeness (QED) is 0.193. The maximum Gasteiger partial charge on any atom is 0.472 e. The Labute approximate surface area is 214 Å². The minimum absolute atomic E-state index is 0.00696. The van der Waals surface area contributed by atoms with Gasteiger partial charge in [-0.1, -0.05) is 96.8 Å². The Morgan fingerprint density at radius 2 is 1.03 bits per heavy atom. The summed E-state index contributed by atoms with van der Waals surface area (Å²) in [6.07, 6.45) is 19.5. The number of unbranched alkanes of at least 4 members (excludes halogenated alkanes) is 13. The second-order valence-corrected chi connectivity index (χ2v) is 10.8. The molecule has 0 aliphatic carbocycles. The van der Waals surface area contributed by atoms with Gasteiger partial charge in [0.15, 0.2) is 0 Å². The van der Waals surface area contributed by atoms with Crippen LogP contribution in [0.5, 0.6) is 0 Å². The highest BCUT2D eigenvalue weighted by Gasteiger charge is 2.21. The number of ether oxygens (including phenoxy) is 4. The van der Waals surface area contributed by atoms with E-state index in [2.05, 4.69) is 6.92 Å². The standard InChI is InChI=1S/C26H53O8P/c1-2-3-4-5-6-7-8-9-10-11-12-13-14-15-16-26-25-31-20-19-29-17-18-30-21-23-33-35(27,28)34-24-22-32-26/h26H,2-25H2,1H3,(H,27,28). The molecular formula is C26H53O8P. The number of hydrogen-bond donors (Lipinski definition) is 1. The average molecular weight is 525 g/mol. The van der Waals surface area contributed by atoms with Crippen molar-refractivity contribution in [3.63, 3.8) is 0 Å². The fourth-order valence-electron chi connectivity index (χ4n) is 4.05. The molecule has 0 radical (unpaired) electrons. The van der Waals surface area contributed by atoms with Crippen LogP contribution in [0, 0.1) is 0 Å². The second-order valence-electron chi connectivity index (χ2n) is 9.31. The third-order valence-corrected chi connectivity index (χ3v) is 7.12. The van der Waals surface area contributed by atoms with Gasteiger partial charge in [0.05, 0.1) is 65.6 Å². The first kappa shape index (κ1) is 33.0. The molecule has 1 N–H and O–H groups in total. The topological polar surface area (TPSA) is 92.7 Å². The molecule has 0 aromatic rings. The molecular weight excluding hydrogens is 471 g/mol. The van der Waals surface area contributed by atoms with Crippen molar-refractivity contribution < 1.29 is 37.5 Å². The van der Waals surface area contributed by atoms with E-state index in [0.29, 0.717) is 33.0 Å². The summed E-state index contributed by atoms with van der Waals surface area (Å²) < 4.78 is 44.0. The van der Waals surface area contributed by atoms with E-state index >= 15 is 0 Å². The summed E-state index contributed by atoms with van der Waals surface area (Å²) in [4.78, 5) is 9.69. The molecule has 8 nitrogen and oxygen atoms in total. The Hall–Kier alpha value is -0.0500. The van der Waals surface area contributed by atoms with Crippen LogP contribution in [0.3, 0.4) is 0 Å². The first-order chi connectivity index (χ1) is 17.1. The molecule has 1 rings (SSSR count). The molecule has 0 spiro atoms. The third-order valence-electron chi connectivity index (χ3n) is 6.10. The first-order valence-corrected chi connectivity index (χ1v) is 15.6. The number of phosphoric ester groups is 1. The van der Waals surface area contributed by atoms with Gasteiger partial charge in [0.1, 0.15) is 0 Å². The molecule has 1 heterocycles. The molecule has 9 heteroatoms.